The number of ether oxygens (including phenoxy) is 1. The summed E-state index contributed by atoms with van der Waals surface area (Å²) in [5.74, 6) is -4.74. The van der Waals surface area contributed by atoms with E-state index in [0.717, 1.165) is 7.11 Å². The lowest BCUT2D eigenvalue weighted by Gasteiger charge is -2.10. The second-order valence-corrected chi connectivity index (χ2v) is 2.79. The average Bonchev–Trinajstić information content (AvgIpc) is 2.21. The highest BCUT2D eigenvalue weighted by Crippen LogP contribution is 2.20. The van der Waals surface area contributed by atoms with Crippen LogP contribution in [-0.2, 0) is 9.53 Å². The van der Waals surface area contributed by atoms with E-state index in [1.54, 1.807) is 0 Å². The van der Waals surface area contributed by atoms with E-state index >= 15 is 0 Å². The zero-order valence-corrected chi connectivity index (χ0v) is 8.98. The molecule has 0 saturated heterocycles. The first-order chi connectivity index (χ1) is 6.97. The van der Waals surface area contributed by atoms with Crippen LogP contribution in [0.3, 0.4) is 0 Å². The summed E-state index contributed by atoms with van der Waals surface area (Å²) in [5, 5.41) is 0. The van der Waals surface area contributed by atoms with Crippen molar-refractivity contribution < 1.29 is 22.7 Å². The van der Waals surface area contributed by atoms with Gasteiger partial charge in [0.2, 0.25) is 0 Å². The molecular formula is C9H9ClF3NO2. The largest absolute Gasteiger partial charge is 0.468 e. The van der Waals surface area contributed by atoms with Gasteiger partial charge in [-0.15, -0.1) is 12.4 Å². The molecule has 90 valence electrons. The predicted molar refractivity (Wildman–Crippen MR) is 52.5 cm³/mol. The highest BCUT2D eigenvalue weighted by molar-refractivity contribution is 5.85. The molecule has 0 saturated carbocycles. The fraction of sp³-hybridized carbons (Fsp3) is 0.222. The van der Waals surface area contributed by atoms with E-state index < -0.39 is 35.0 Å². The molecule has 0 aliphatic heterocycles. The van der Waals surface area contributed by atoms with Gasteiger partial charge in [-0.1, -0.05) is 0 Å². The van der Waals surface area contributed by atoms with Crippen LogP contribution in [0.15, 0.2) is 12.1 Å². The average molecular weight is 256 g/mol. The molecule has 16 heavy (non-hydrogen) atoms. The molecule has 0 spiro atoms. The molecule has 1 aromatic rings. The lowest BCUT2D eigenvalue weighted by molar-refractivity contribution is -0.142. The number of methoxy groups -OCH3 is 1. The van der Waals surface area contributed by atoms with Gasteiger partial charge >= 0.3 is 5.97 Å². The Hall–Kier alpha value is -1.27. The third-order valence-corrected chi connectivity index (χ3v) is 1.81. The van der Waals surface area contributed by atoms with Crippen LogP contribution in [0, 0.1) is 17.5 Å². The van der Waals surface area contributed by atoms with Gasteiger partial charge in [-0.3, -0.25) is 4.79 Å². The van der Waals surface area contributed by atoms with Crippen molar-refractivity contribution in [3.63, 3.8) is 0 Å². The maximum absolute atomic E-state index is 13.1. The van der Waals surface area contributed by atoms with Gasteiger partial charge in [-0.25, -0.2) is 13.2 Å². The third kappa shape index (κ3) is 2.86. The SMILES string of the molecule is COC(=O)[C@@H](N)c1cc(F)cc(F)c1F.Cl. The molecule has 1 aromatic carbocycles. The van der Waals surface area contributed by atoms with Crippen molar-refractivity contribution in [2.45, 2.75) is 6.04 Å². The minimum atomic E-state index is -1.54. The summed E-state index contributed by atoms with van der Waals surface area (Å²) in [6.07, 6.45) is 0. The summed E-state index contributed by atoms with van der Waals surface area (Å²) >= 11 is 0. The smallest absolute Gasteiger partial charge is 0.327 e. The molecule has 0 aromatic heterocycles. The Kier molecular flexibility index (Phi) is 5.26. The van der Waals surface area contributed by atoms with Gasteiger partial charge in [0.1, 0.15) is 11.9 Å². The molecule has 7 heteroatoms. The monoisotopic (exact) mass is 255 g/mol. The van der Waals surface area contributed by atoms with Crippen LogP contribution in [0.4, 0.5) is 13.2 Å². The molecule has 0 unspecified atom stereocenters. The predicted octanol–water partition coefficient (Wildman–Crippen LogP) is 1.70. The minimum Gasteiger partial charge on any atom is -0.468 e. The number of halogens is 4. The lowest BCUT2D eigenvalue weighted by atomic mass is 10.1. The summed E-state index contributed by atoms with van der Waals surface area (Å²) in [7, 11) is 1.04. The standard InChI is InChI=1S/C9H8F3NO2.ClH/c1-15-9(14)8(13)5-2-4(10)3-6(11)7(5)12;/h2-3,8H,13H2,1H3;1H/t8-;/m0./s1. The van der Waals surface area contributed by atoms with Gasteiger partial charge in [0, 0.05) is 11.6 Å². The Morgan fingerprint density at radius 1 is 1.38 bits per heavy atom. The number of hydrogen-bond donors (Lipinski definition) is 1. The minimum absolute atomic E-state index is 0. The fourth-order valence-corrected chi connectivity index (χ4v) is 1.06. The summed E-state index contributed by atoms with van der Waals surface area (Å²) in [5.41, 5.74) is 4.67. The Bertz CT molecular complexity index is 401. The van der Waals surface area contributed by atoms with Gasteiger partial charge in [0.15, 0.2) is 11.6 Å². The third-order valence-electron chi connectivity index (χ3n) is 1.81. The Labute approximate surface area is 95.8 Å². The van der Waals surface area contributed by atoms with Gasteiger partial charge in [-0.2, -0.15) is 0 Å². The van der Waals surface area contributed by atoms with Crippen molar-refractivity contribution in [2.24, 2.45) is 5.73 Å². The molecule has 0 radical (unpaired) electrons. The maximum Gasteiger partial charge on any atom is 0.327 e. The lowest BCUT2D eigenvalue weighted by Crippen LogP contribution is -2.24. The van der Waals surface area contributed by atoms with Gasteiger partial charge in [-0.05, 0) is 6.07 Å². The van der Waals surface area contributed by atoms with E-state index in [4.69, 9.17) is 5.73 Å². The number of nitrogens with two attached hydrogens (primary N) is 1. The second kappa shape index (κ2) is 5.72. The quantitative estimate of drug-likeness (QED) is 0.646. The van der Waals surface area contributed by atoms with Crippen molar-refractivity contribution in [1.29, 1.82) is 0 Å². The Morgan fingerprint density at radius 2 is 1.94 bits per heavy atom. The van der Waals surface area contributed by atoms with Gasteiger partial charge < -0.3 is 10.5 Å². The molecule has 0 heterocycles. The maximum atomic E-state index is 13.1. The van der Waals surface area contributed by atoms with Crippen LogP contribution >= 0.6 is 12.4 Å². The molecule has 1 atom stereocenters. The molecule has 0 bridgehead atoms. The second-order valence-electron chi connectivity index (χ2n) is 2.79. The van der Waals surface area contributed by atoms with Crippen LogP contribution in [-0.4, -0.2) is 13.1 Å². The zero-order chi connectivity index (χ0) is 11.6. The molecular weight excluding hydrogens is 247 g/mol. The first-order valence-electron chi connectivity index (χ1n) is 3.95. The molecule has 3 nitrogen and oxygen atoms in total. The summed E-state index contributed by atoms with van der Waals surface area (Å²) in [4.78, 5) is 10.9. The van der Waals surface area contributed by atoms with E-state index in [-0.39, 0.29) is 12.4 Å². The number of rotatable bonds is 2. The number of benzene rings is 1. The number of carbonyl (C=O) groups excluding carboxylic acids is 1. The number of esters is 1. The van der Waals surface area contributed by atoms with Crippen LogP contribution in [0.2, 0.25) is 0 Å². The number of hydrogen-bond acceptors (Lipinski definition) is 3. The van der Waals surface area contributed by atoms with Crippen LogP contribution in [0.5, 0.6) is 0 Å². The summed E-state index contributed by atoms with van der Waals surface area (Å²) < 4.78 is 42.8. The molecule has 0 aliphatic carbocycles. The molecule has 0 aliphatic rings. The summed E-state index contributed by atoms with van der Waals surface area (Å²) in [6.45, 7) is 0. The van der Waals surface area contributed by atoms with E-state index in [1.165, 1.54) is 0 Å². The Morgan fingerprint density at radius 3 is 2.44 bits per heavy atom. The topological polar surface area (TPSA) is 52.3 Å². The molecule has 0 amide bonds. The van der Waals surface area contributed by atoms with Crippen LogP contribution < -0.4 is 5.73 Å². The first kappa shape index (κ1) is 14.7. The Balaban J connectivity index is 0.00000225. The van der Waals surface area contributed by atoms with Crippen molar-refractivity contribution in [1.82, 2.24) is 0 Å². The zero-order valence-electron chi connectivity index (χ0n) is 8.17. The van der Waals surface area contributed by atoms with Gasteiger partial charge in [0.05, 0.1) is 7.11 Å². The molecule has 2 N–H and O–H groups in total. The van der Waals surface area contributed by atoms with Crippen LogP contribution in [0.25, 0.3) is 0 Å². The van der Waals surface area contributed by atoms with E-state index in [1.807, 2.05) is 0 Å². The first-order valence-corrected chi connectivity index (χ1v) is 3.95. The van der Waals surface area contributed by atoms with E-state index in [0.29, 0.717) is 12.1 Å². The van der Waals surface area contributed by atoms with E-state index in [9.17, 15) is 18.0 Å². The normalized spacial score (nSPS) is 11.6. The van der Waals surface area contributed by atoms with Crippen molar-refractivity contribution in [3.8, 4) is 0 Å². The van der Waals surface area contributed by atoms with Crippen molar-refractivity contribution in [2.75, 3.05) is 7.11 Å². The molecule has 0 fully saturated rings. The number of carbonyl (C=O) groups is 1. The van der Waals surface area contributed by atoms with Crippen molar-refractivity contribution >= 4 is 18.4 Å². The van der Waals surface area contributed by atoms with E-state index in [2.05, 4.69) is 4.74 Å². The summed E-state index contributed by atoms with van der Waals surface area (Å²) in [6, 6.07) is -0.525. The van der Waals surface area contributed by atoms with Crippen molar-refractivity contribution in [3.05, 3.63) is 35.1 Å². The fourth-order valence-electron chi connectivity index (χ4n) is 1.06. The highest BCUT2D eigenvalue weighted by atomic mass is 35.5. The van der Waals surface area contributed by atoms with Crippen LogP contribution in [0.1, 0.15) is 11.6 Å². The highest BCUT2D eigenvalue weighted by Gasteiger charge is 2.23. The van der Waals surface area contributed by atoms with Gasteiger partial charge in [0.25, 0.3) is 0 Å². The molecule has 1 rings (SSSR count).